The predicted molar refractivity (Wildman–Crippen MR) is 65.9 cm³/mol. The first-order chi connectivity index (χ1) is 8.04. The van der Waals surface area contributed by atoms with Crippen LogP contribution in [0, 0.1) is 0 Å². The van der Waals surface area contributed by atoms with E-state index in [4.69, 9.17) is 5.11 Å². The zero-order chi connectivity index (χ0) is 12.8. The number of carboxylic acid groups (broad SMARTS) is 1. The maximum absolute atomic E-state index is 10.3. The second-order valence-electron chi connectivity index (χ2n) is 3.52. The van der Waals surface area contributed by atoms with Crippen LogP contribution in [0.4, 0.5) is 0 Å². The standard InChI is InChI=1S/C11H15NO4S/c1-12-5-9(13)11(16)7-4-8(17-6-7)2-3-10(14)15/h2-4,6,9,11-13,16H,5H2,1H3,(H,14,15)/b3-2+. The summed E-state index contributed by atoms with van der Waals surface area (Å²) >= 11 is 1.31. The molecule has 0 saturated carbocycles. The van der Waals surface area contributed by atoms with E-state index in [9.17, 15) is 15.0 Å². The molecule has 0 bridgehead atoms. The minimum Gasteiger partial charge on any atom is -0.478 e. The molecule has 2 atom stereocenters. The van der Waals surface area contributed by atoms with E-state index in [2.05, 4.69) is 5.32 Å². The molecule has 5 nitrogen and oxygen atoms in total. The first-order valence-corrected chi connectivity index (χ1v) is 5.92. The van der Waals surface area contributed by atoms with Gasteiger partial charge in [-0.25, -0.2) is 4.79 Å². The van der Waals surface area contributed by atoms with Crippen molar-refractivity contribution >= 4 is 23.4 Å². The Hall–Kier alpha value is -1.21. The molecule has 1 aromatic heterocycles. The van der Waals surface area contributed by atoms with E-state index in [1.807, 2.05) is 0 Å². The molecule has 0 aliphatic rings. The van der Waals surface area contributed by atoms with Gasteiger partial charge in [0.05, 0.1) is 6.10 Å². The summed E-state index contributed by atoms with van der Waals surface area (Å²) in [5.74, 6) is -1.02. The lowest BCUT2D eigenvalue weighted by atomic mass is 10.1. The van der Waals surface area contributed by atoms with Crippen LogP contribution in [-0.2, 0) is 4.79 Å². The van der Waals surface area contributed by atoms with Crippen LogP contribution >= 0.6 is 11.3 Å². The minimum atomic E-state index is -1.02. The van der Waals surface area contributed by atoms with Gasteiger partial charge >= 0.3 is 5.97 Å². The summed E-state index contributed by atoms with van der Waals surface area (Å²) in [5.41, 5.74) is 0.586. The molecule has 1 rings (SSSR count). The Kier molecular flexibility index (Phi) is 5.30. The van der Waals surface area contributed by atoms with Crippen molar-refractivity contribution in [1.82, 2.24) is 5.32 Å². The molecule has 0 amide bonds. The lowest BCUT2D eigenvalue weighted by molar-refractivity contribution is -0.131. The van der Waals surface area contributed by atoms with E-state index in [0.29, 0.717) is 5.56 Å². The van der Waals surface area contributed by atoms with Crippen molar-refractivity contribution in [1.29, 1.82) is 0 Å². The van der Waals surface area contributed by atoms with Crippen LogP contribution in [0.3, 0.4) is 0 Å². The number of carboxylic acids is 1. The van der Waals surface area contributed by atoms with Crippen LogP contribution in [0.5, 0.6) is 0 Å². The summed E-state index contributed by atoms with van der Waals surface area (Å²) in [5, 5.41) is 32.3. The molecule has 0 saturated heterocycles. The van der Waals surface area contributed by atoms with Gasteiger partial charge in [0.1, 0.15) is 6.10 Å². The second kappa shape index (κ2) is 6.51. The second-order valence-corrected chi connectivity index (χ2v) is 4.47. The highest BCUT2D eigenvalue weighted by atomic mass is 32.1. The minimum absolute atomic E-state index is 0.289. The topological polar surface area (TPSA) is 89.8 Å². The maximum atomic E-state index is 10.3. The van der Waals surface area contributed by atoms with Gasteiger partial charge in [-0.1, -0.05) is 0 Å². The van der Waals surface area contributed by atoms with Crippen LogP contribution in [0.2, 0.25) is 0 Å². The van der Waals surface area contributed by atoms with Crippen LogP contribution in [0.1, 0.15) is 16.5 Å². The van der Waals surface area contributed by atoms with Crippen molar-refractivity contribution in [3.63, 3.8) is 0 Å². The Morgan fingerprint density at radius 2 is 2.29 bits per heavy atom. The third kappa shape index (κ3) is 4.27. The van der Waals surface area contributed by atoms with Crippen molar-refractivity contribution < 1.29 is 20.1 Å². The number of carbonyl (C=O) groups is 1. The van der Waals surface area contributed by atoms with Gasteiger partial charge in [0.25, 0.3) is 0 Å². The molecule has 94 valence electrons. The summed E-state index contributed by atoms with van der Waals surface area (Å²) in [4.78, 5) is 11.0. The number of rotatable bonds is 6. The van der Waals surface area contributed by atoms with E-state index in [0.717, 1.165) is 11.0 Å². The molecule has 6 heteroatoms. The van der Waals surface area contributed by atoms with Gasteiger partial charge in [-0.05, 0) is 30.1 Å². The summed E-state index contributed by atoms with van der Waals surface area (Å²) in [7, 11) is 1.69. The van der Waals surface area contributed by atoms with Gasteiger partial charge < -0.3 is 20.6 Å². The molecule has 0 aliphatic heterocycles. The predicted octanol–water partition coefficient (Wildman–Crippen LogP) is 0.460. The summed E-state index contributed by atoms with van der Waals surface area (Å²) in [6.45, 7) is 0.289. The molecule has 1 heterocycles. The van der Waals surface area contributed by atoms with Crippen molar-refractivity contribution in [3.8, 4) is 0 Å². The highest BCUT2D eigenvalue weighted by molar-refractivity contribution is 7.11. The Bertz CT molecular complexity index is 402. The highest BCUT2D eigenvalue weighted by Crippen LogP contribution is 2.24. The van der Waals surface area contributed by atoms with Crippen LogP contribution in [-0.4, -0.2) is 41.0 Å². The third-order valence-electron chi connectivity index (χ3n) is 2.15. The number of hydrogen-bond donors (Lipinski definition) is 4. The normalized spacial score (nSPS) is 15.0. The lowest BCUT2D eigenvalue weighted by Crippen LogP contribution is -2.29. The summed E-state index contributed by atoms with van der Waals surface area (Å²) < 4.78 is 0. The first kappa shape index (κ1) is 13.9. The third-order valence-corrected chi connectivity index (χ3v) is 3.07. The first-order valence-electron chi connectivity index (χ1n) is 5.04. The average molecular weight is 257 g/mol. The Morgan fingerprint density at radius 1 is 1.59 bits per heavy atom. The molecule has 2 unspecified atom stereocenters. The smallest absolute Gasteiger partial charge is 0.328 e. The molecule has 0 aromatic carbocycles. The molecule has 17 heavy (non-hydrogen) atoms. The number of thiophene rings is 1. The summed E-state index contributed by atoms with van der Waals surface area (Å²) in [6.07, 6.45) is 0.635. The van der Waals surface area contributed by atoms with Crippen molar-refractivity contribution in [3.05, 3.63) is 28.0 Å². The average Bonchev–Trinajstić information content (AvgIpc) is 2.74. The van der Waals surface area contributed by atoms with Gasteiger partial charge in [0.2, 0.25) is 0 Å². The highest BCUT2D eigenvalue weighted by Gasteiger charge is 2.18. The van der Waals surface area contributed by atoms with E-state index in [1.165, 1.54) is 17.4 Å². The van der Waals surface area contributed by atoms with E-state index < -0.39 is 18.2 Å². The zero-order valence-corrected chi connectivity index (χ0v) is 10.1. The molecule has 4 N–H and O–H groups in total. The fourth-order valence-corrected chi connectivity index (χ4v) is 2.14. The van der Waals surface area contributed by atoms with Gasteiger partial charge in [0.15, 0.2) is 0 Å². The molecule has 0 aliphatic carbocycles. The van der Waals surface area contributed by atoms with E-state index in [-0.39, 0.29) is 6.54 Å². The lowest BCUT2D eigenvalue weighted by Gasteiger charge is -2.15. The van der Waals surface area contributed by atoms with E-state index in [1.54, 1.807) is 18.5 Å². The number of likely N-dealkylation sites (N-methyl/N-ethyl adjacent to an activating group) is 1. The molecule has 0 spiro atoms. The molecule has 0 radical (unpaired) electrons. The number of aliphatic carboxylic acids is 1. The Labute approximate surface area is 103 Å². The number of nitrogens with one attached hydrogen (secondary N) is 1. The fourth-order valence-electron chi connectivity index (χ4n) is 1.31. The Morgan fingerprint density at radius 3 is 2.88 bits per heavy atom. The Balaban J connectivity index is 2.70. The zero-order valence-electron chi connectivity index (χ0n) is 9.33. The van der Waals surface area contributed by atoms with E-state index >= 15 is 0 Å². The van der Waals surface area contributed by atoms with Gasteiger partial charge in [-0.15, -0.1) is 11.3 Å². The number of aliphatic hydroxyl groups excluding tert-OH is 2. The van der Waals surface area contributed by atoms with Gasteiger partial charge in [0, 0.05) is 17.5 Å². The number of aliphatic hydroxyl groups is 2. The van der Waals surface area contributed by atoms with Gasteiger partial charge in [-0.3, -0.25) is 0 Å². The fraction of sp³-hybridized carbons (Fsp3) is 0.364. The molecular weight excluding hydrogens is 242 g/mol. The number of hydrogen-bond acceptors (Lipinski definition) is 5. The quantitative estimate of drug-likeness (QED) is 0.556. The van der Waals surface area contributed by atoms with Crippen LogP contribution in [0.15, 0.2) is 17.5 Å². The maximum Gasteiger partial charge on any atom is 0.328 e. The largest absolute Gasteiger partial charge is 0.478 e. The van der Waals surface area contributed by atoms with Crippen LogP contribution < -0.4 is 5.32 Å². The van der Waals surface area contributed by atoms with Crippen molar-refractivity contribution in [2.45, 2.75) is 12.2 Å². The van der Waals surface area contributed by atoms with Crippen molar-refractivity contribution in [2.75, 3.05) is 13.6 Å². The van der Waals surface area contributed by atoms with Crippen LogP contribution in [0.25, 0.3) is 6.08 Å². The molecule has 0 fully saturated rings. The van der Waals surface area contributed by atoms with Crippen molar-refractivity contribution in [2.24, 2.45) is 0 Å². The summed E-state index contributed by atoms with van der Waals surface area (Å²) in [6, 6.07) is 1.66. The molecular formula is C11H15NO4S. The molecule has 1 aromatic rings. The monoisotopic (exact) mass is 257 g/mol. The SMILES string of the molecule is CNCC(O)C(O)c1csc(/C=C/C(=O)O)c1. The van der Waals surface area contributed by atoms with Gasteiger partial charge in [-0.2, -0.15) is 0 Å².